The first-order valence-corrected chi connectivity index (χ1v) is 10.2. The number of carbonyl (C=O) groups excluding carboxylic acids is 1. The Hall–Kier alpha value is -2.54. The zero-order valence-electron chi connectivity index (χ0n) is 16.4. The number of hydrogen-bond acceptors (Lipinski definition) is 4. The number of aryl methyl sites for hydroxylation is 1. The number of hydrogen-bond donors (Lipinski definition) is 2. The Morgan fingerprint density at radius 3 is 2.79 bits per heavy atom. The zero-order valence-corrected chi connectivity index (χ0v) is 17.1. The van der Waals surface area contributed by atoms with Gasteiger partial charge in [-0.3, -0.25) is 9.78 Å². The molecule has 1 fully saturated rings. The molecule has 1 aliphatic rings. The van der Waals surface area contributed by atoms with Crippen molar-refractivity contribution in [1.82, 2.24) is 15.3 Å². The predicted molar refractivity (Wildman–Crippen MR) is 113 cm³/mol. The fourth-order valence-electron chi connectivity index (χ4n) is 3.60. The van der Waals surface area contributed by atoms with Gasteiger partial charge in [0.2, 0.25) is 0 Å². The number of benzene rings is 1. The highest BCUT2D eigenvalue weighted by molar-refractivity contribution is 6.32. The van der Waals surface area contributed by atoms with E-state index in [1.807, 2.05) is 43.3 Å². The molecule has 7 heteroatoms. The van der Waals surface area contributed by atoms with Gasteiger partial charge >= 0.3 is 0 Å². The van der Waals surface area contributed by atoms with E-state index < -0.39 is 0 Å². The van der Waals surface area contributed by atoms with Crippen molar-refractivity contribution in [3.63, 3.8) is 0 Å². The van der Waals surface area contributed by atoms with Gasteiger partial charge in [-0.05, 0) is 36.8 Å². The van der Waals surface area contributed by atoms with Crippen LogP contribution < -0.4 is 10.2 Å². The third kappa shape index (κ3) is 4.40. The second-order valence-electron chi connectivity index (χ2n) is 7.21. The number of ether oxygens (including phenoxy) is 1. The maximum Gasteiger partial charge on any atom is 0.252 e. The molecule has 1 saturated heterocycles. The lowest BCUT2D eigenvalue weighted by molar-refractivity contribution is -0.906. The lowest BCUT2D eigenvalue weighted by atomic mass is 10.0. The van der Waals surface area contributed by atoms with Crippen LogP contribution >= 0.6 is 11.6 Å². The van der Waals surface area contributed by atoms with E-state index in [4.69, 9.17) is 21.3 Å². The summed E-state index contributed by atoms with van der Waals surface area (Å²) in [6.07, 6.45) is 1.72. The zero-order chi connectivity index (χ0) is 20.2. The van der Waals surface area contributed by atoms with Crippen molar-refractivity contribution >= 4 is 28.4 Å². The number of aromatic nitrogens is 2. The van der Waals surface area contributed by atoms with Crippen LogP contribution in [0, 0.1) is 6.92 Å². The van der Waals surface area contributed by atoms with Gasteiger partial charge in [-0.2, -0.15) is 0 Å². The van der Waals surface area contributed by atoms with Crippen LogP contribution in [0.15, 0.2) is 42.6 Å². The van der Waals surface area contributed by atoms with Crippen LogP contribution in [0.5, 0.6) is 0 Å². The molecular formula is C22H24ClN4O2+. The normalized spacial score (nSPS) is 14.8. The molecule has 0 unspecified atom stereocenters. The van der Waals surface area contributed by atoms with Crippen molar-refractivity contribution in [1.29, 1.82) is 0 Å². The molecular weight excluding hydrogens is 388 g/mol. The molecule has 0 bridgehead atoms. The molecule has 3 heterocycles. The summed E-state index contributed by atoms with van der Waals surface area (Å²) in [5.41, 5.74) is 3.55. The van der Waals surface area contributed by atoms with E-state index in [1.54, 1.807) is 6.20 Å². The SMILES string of the molecule is Cc1c(Cl)ccc2c(C(=O)NCC[NH+]3CCOCC3)cc(-c3ccccn3)nc12. The van der Waals surface area contributed by atoms with Crippen molar-refractivity contribution < 1.29 is 14.4 Å². The lowest BCUT2D eigenvalue weighted by Gasteiger charge is -2.23. The number of fused-ring (bicyclic) bond motifs is 1. The van der Waals surface area contributed by atoms with Crippen molar-refractivity contribution in [2.24, 2.45) is 0 Å². The van der Waals surface area contributed by atoms with Gasteiger partial charge in [0.1, 0.15) is 13.1 Å². The molecule has 1 aromatic carbocycles. The first-order chi connectivity index (χ1) is 14.1. The standard InChI is InChI=1S/C22H23ClN4O2/c1-15-18(23)6-5-16-17(22(28)25-8-9-27-10-12-29-13-11-27)14-20(26-21(15)16)19-4-2-3-7-24-19/h2-7,14H,8-13H2,1H3,(H,25,28)/p+1. The third-order valence-electron chi connectivity index (χ3n) is 5.30. The van der Waals surface area contributed by atoms with Crippen LogP contribution in [0.1, 0.15) is 15.9 Å². The van der Waals surface area contributed by atoms with E-state index in [0.29, 0.717) is 22.8 Å². The summed E-state index contributed by atoms with van der Waals surface area (Å²) < 4.78 is 5.39. The number of carbonyl (C=O) groups is 1. The van der Waals surface area contributed by atoms with Crippen LogP contribution in [0.4, 0.5) is 0 Å². The van der Waals surface area contributed by atoms with Gasteiger partial charge in [0, 0.05) is 16.6 Å². The van der Waals surface area contributed by atoms with Gasteiger partial charge in [-0.15, -0.1) is 0 Å². The molecule has 1 aliphatic heterocycles. The predicted octanol–water partition coefficient (Wildman–Crippen LogP) is 1.90. The lowest BCUT2D eigenvalue weighted by Crippen LogP contribution is -3.14. The maximum absolute atomic E-state index is 13.1. The number of halogens is 1. The number of nitrogens with one attached hydrogen (secondary N) is 2. The molecule has 0 spiro atoms. The van der Waals surface area contributed by atoms with Gasteiger partial charge in [0.25, 0.3) is 5.91 Å². The molecule has 3 aromatic rings. The molecule has 4 rings (SSSR count). The van der Waals surface area contributed by atoms with Crippen molar-refractivity contribution in [2.45, 2.75) is 6.92 Å². The Labute approximate surface area is 174 Å². The third-order valence-corrected chi connectivity index (χ3v) is 5.71. The minimum Gasteiger partial charge on any atom is -0.370 e. The summed E-state index contributed by atoms with van der Waals surface area (Å²) in [5.74, 6) is -0.107. The van der Waals surface area contributed by atoms with E-state index in [0.717, 1.165) is 55.0 Å². The van der Waals surface area contributed by atoms with E-state index in [9.17, 15) is 4.79 Å². The Morgan fingerprint density at radius 1 is 1.21 bits per heavy atom. The highest BCUT2D eigenvalue weighted by Crippen LogP contribution is 2.29. The molecule has 1 amide bonds. The minimum absolute atomic E-state index is 0.107. The molecule has 29 heavy (non-hydrogen) atoms. The van der Waals surface area contributed by atoms with Crippen molar-refractivity contribution in [3.05, 3.63) is 58.7 Å². The molecule has 0 saturated carbocycles. The van der Waals surface area contributed by atoms with Gasteiger partial charge in [0.15, 0.2) is 0 Å². The highest BCUT2D eigenvalue weighted by Gasteiger charge is 2.18. The van der Waals surface area contributed by atoms with Crippen LogP contribution in [-0.4, -0.2) is 55.3 Å². The smallest absolute Gasteiger partial charge is 0.252 e. The van der Waals surface area contributed by atoms with E-state index >= 15 is 0 Å². The Kier molecular flexibility index (Phi) is 6.04. The highest BCUT2D eigenvalue weighted by atomic mass is 35.5. The summed E-state index contributed by atoms with van der Waals surface area (Å²) in [6, 6.07) is 11.1. The Morgan fingerprint density at radius 2 is 2.03 bits per heavy atom. The summed E-state index contributed by atoms with van der Waals surface area (Å²) in [4.78, 5) is 23.7. The van der Waals surface area contributed by atoms with Crippen molar-refractivity contribution in [2.75, 3.05) is 39.4 Å². The number of pyridine rings is 2. The molecule has 0 aliphatic carbocycles. The average molecular weight is 412 g/mol. The fraction of sp³-hybridized carbons (Fsp3) is 0.318. The number of amides is 1. The fourth-order valence-corrected chi connectivity index (χ4v) is 3.75. The second-order valence-corrected chi connectivity index (χ2v) is 7.61. The average Bonchev–Trinajstić information content (AvgIpc) is 2.77. The molecule has 6 nitrogen and oxygen atoms in total. The van der Waals surface area contributed by atoms with Gasteiger partial charge in [-0.25, -0.2) is 4.98 Å². The maximum atomic E-state index is 13.1. The minimum atomic E-state index is -0.107. The van der Waals surface area contributed by atoms with Crippen molar-refractivity contribution in [3.8, 4) is 11.4 Å². The van der Waals surface area contributed by atoms with E-state index in [2.05, 4.69) is 10.3 Å². The topological polar surface area (TPSA) is 68.5 Å². The summed E-state index contributed by atoms with van der Waals surface area (Å²) in [7, 11) is 0. The monoisotopic (exact) mass is 411 g/mol. The number of quaternary nitrogens is 1. The first kappa shape index (κ1) is 19.8. The molecule has 150 valence electrons. The quantitative estimate of drug-likeness (QED) is 0.673. The summed E-state index contributed by atoms with van der Waals surface area (Å²) in [6.45, 7) is 6.95. The first-order valence-electron chi connectivity index (χ1n) is 9.84. The largest absolute Gasteiger partial charge is 0.370 e. The van der Waals surface area contributed by atoms with Gasteiger partial charge in [-0.1, -0.05) is 23.7 Å². The summed E-state index contributed by atoms with van der Waals surface area (Å²) in [5, 5.41) is 4.49. The van der Waals surface area contributed by atoms with Gasteiger partial charge < -0.3 is 15.0 Å². The molecule has 0 radical (unpaired) electrons. The number of morpholine rings is 1. The molecule has 2 N–H and O–H groups in total. The second kappa shape index (κ2) is 8.86. The molecule has 0 atom stereocenters. The van der Waals surface area contributed by atoms with Gasteiger partial charge in [0.05, 0.1) is 48.8 Å². The Balaban J connectivity index is 1.64. The molecule has 2 aromatic heterocycles. The number of nitrogens with zero attached hydrogens (tertiary/aromatic N) is 2. The van der Waals surface area contributed by atoms with E-state index in [-0.39, 0.29) is 5.91 Å². The van der Waals surface area contributed by atoms with Crippen LogP contribution in [0.2, 0.25) is 5.02 Å². The van der Waals surface area contributed by atoms with E-state index in [1.165, 1.54) is 4.90 Å². The van der Waals surface area contributed by atoms with Crippen LogP contribution in [0.25, 0.3) is 22.3 Å². The Bertz CT molecular complexity index is 1020. The summed E-state index contributed by atoms with van der Waals surface area (Å²) >= 11 is 6.32. The van der Waals surface area contributed by atoms with Crippen LogP contribution in [0.3, 0.4) is 0 Å². The number of rotatable bonds is 5. The van der Waals surface area contributed by atoms with Crippen LogP contribution in [-0.2, 0) is 4.74 Å².